The van der Waals surface area contributed by atoms with Crippen molar-refractivity contribution in [2.24, 2.45) is 0 Å². The summed E-state index contributed by atoms with van der Waals surface area (Å²) in [5.74, 6) is 0. The number of aliphatic hydroxyl groups is 2. The number of aromatic nitrogens is 2. The SMILES string of the molecule is O=c1ccn([C@@H]2O[C@H](CO)C(O)C2S)c(=O)[nH]1. The zero-order valence-electron chi connectivity index (χ0n) is 8.68. The summed E-state index contributed by atoms with van der Waals surface area (Å²) in [6.45, 7) is -0.368. The molecular weight excluding hydrogens is 248 g/mol. The number of hydrogen-bond donors (Lipinski definition) is 4. The van der Waals surface area contributed by atoms with Crippen molar-refractivity contribution in [3.63, 3.8) is 0 Å². The van der Waals surface area contributed by atoms with Crippen molar-refractivity contribution in [1.29, 1.82) is 0 Å². The summed E-state index contributed by atoms with van der Waals surface area (Å²) < 4.78 is 6.43. The maximum absolute atomic E-state index is 11.5. The van der Waals surface area contributed by atoms with E-state index in [2.05, 4.69) is 17.6 Å². The number of nitrogens with zero attached hydrogens (tertiary/aromatic N) is 1. The highest BCUT2D eigenvalue weighted by atomic mass is 32.1. The number of thiol groups is 1. The van der Waals surface area contributed by atoms with Crippen molar-refractivity contribution in [1.82, 2.24) is 9.55 Å². The van der Waals surface area contributed by atoms with Crippen LogP contribution in [0.5, 0.6) is 0 Å². The standard InChI is InChI=1S/C9H12N2O5S/c12-3-4-6(14)7(17)8(16-4)11-2-1-5(13)10-9(11)15/h1-2,4,6-8,12,14,17H,3H2,(H,10,13,15)/t4-,6?,7?,8-/m1/s1. The number of aromatic amines is 1. The van der Waals surface area contributed by atoms with Crippen LogP contribution in [0.15, 0.2) is 21.9 Å². The van der Waals surface area contributed by atoms with Gasteiger partial charge in [-0.3, -0.25) is 14.3 Å². The highest BCUT2D eigenvalue weighted by Gasteiger charge is 2.42. The van der Waals surface area contributed by atoms with E-state index in [1.54, 1.807) is 0 Å². The van der Waals surface area contributed by atoms with Crippen LogP contribution in [0, 0.1) is 0 Å². The van der Waals surface area contributed by atoms with E-state index in [1.165, 1.54) is 12.3 Å². The quantitative estimate of drug-likeness (QED) is 0.464. The van der Waals surface area contributed by atoms with Crippen LogP contribution < -0.4 is 11.2 Å². The highest BCUT2D eigenvalue weighted by molar-refractivity contribution is 7.81. The fraction of sp³-hybridized carbons (Fsp3) is 0.556. The number of H-pyrrole nitrogens is 1. The van der Waals surface area contributed by atoms with E-state index in [9.17, 15) is 14.7 Å². The smallest absolute Gasteiger partial charge is 0.330 e. The minimum atomic E-state index is -0.979. The van der Waals surface area contributed by atoms with Gasteiger partial charge in [-0.15, -0.1) is 0 Å². The predicted octanol–water partition coefficient (Wildman–Crippen LogP) is -1.91. The topological polar surface area (TPSA) is 105 Å². The summed E-state index contributed by atoms with van der Waals surface area (Å²) in [6, 6.07) is 1.17. The van der Waals surface area contributed by atoms with Crippen molar-refractivity contribution in [3.05, 3.63) is 33.1 Å². The molecule has 17 heavy (non-hydrogen) atoms. The Morgan fingerprint density at radius 3 is 2.76 bits per heavy atom. The Balaban J connectivity index is 2.35. The number of nitrogens with one attached hydrogen (secondary N) is 1. The van der Waals surface area contributed by atoms with Crippen LogP contribution >= 0.6 is 12.6 Å². The third-order valence-electron chi connectivity index (χ3n) is 2.64. The summed E-state index contributed by atoms with van der Waals surface area (Å²) >= 11 is 4.14. The maximum atomic E-state index is 11.5. The van der Waals surface area contributed by atoms with Gasteiger partial charge in [-0.1, -0.05) is 0 Å². The van der Waals surface area contributed by atoms with Crippen LogP contribution in [-0.2, 0) is 4.74 Å². The third-order valence-corrected chi connectivity index (χ3v) is 3.20. The van der Waals surface area contributed by atoms with Gasteiger partial charge in [0.1, 0.15) is 6.10 Å². The summed E-state index contributed by atoms with van der Waals surface area (Å²) in [5.41, 5.74) is -1.16. The second-order valence-corrected chi connectivity index (χ2v) is 4.34. The molecule has 0 amide bonds. The average molecular weight is 260 g/mol. The van der Waals surface area contributed by atoms with Crippen molar-refractivity contribution in [2.75, 3.05) is 6.61 Å². The summed E-state index contributed by atoms with van der Waals surface area (Å²) in [6.07, 6.45) is -1.33. The fourth-order valence-electron chi connectivity index (χ4n) is 1.74. The molecule has 1 saturated heterocycles. The Morgan fingerprint density at radius 1 is 1.53 bits per heavy atom. The lowest BCUT2D eigenvalue weighted by Crippen LogP contribution is -2.35. The molecule has 7 nitrogen and oxygen atoms in total. The van der Waals surface area contributed by atoms with E-state index < -0.39 is 34.9 Å². The average Bonchev–Trinajstić information content (AvgIpc) is 2.57. The molecule has 2 rings (SSSR count). The van der Waals surface area contributed by atoms with Crippen LogP contribution in [0.4, 0.5) is 0 Å². The molecule has 1 fully saturated rings. The molecule has 0 aliphatic carbocycles. The lowest BCUT2D eigenvalue weighted by Gasteiger charge is -2.16. The molecule has 1 aliphatic rings. The normalized spacial score (nSPS) is 32.9. The first-order chi connectivity index (χ1) is 8.04. The van der Waals surface area contributed by atoms with Gasteiger partial charge in [0.2, 0.25) is 0 Å². The summed E-state index contributed by atoms with van der Waals surface area (Å²) in [7, 11) is 0. The lowest BCUT2D eigenvalue weighted by molar-refractivity contribution is -0.0457. The molecule has 0 spiro atoms. The largest absolute Gasteiger partial charge is 0.394 e. The first kappa shape index (κ1) is 12.4. The van der Waals surface area contributed by atoms with Crippen LogP contribution in [-0.4, -0.2) is 43.8 Å². The summed E-state index contributed by atoms with van der Waals surface area (Å²) in [5, 5.41) is 18.0. The summed E-state index contributed by atoms with van der Waals surface area (Å²) in [4.78, 5) is 24.5. The monoisotopic (exact) mass is 260 g/mol. The van der Waals surface area contributed by atoms with E-state index in [-0.39, 0.29) is 6.61 Å². The van der Waals surface area contributed by atoms with E-state index in [0.717, 1.165) is 4.57 Å². The zero-order valence-corrected chi connectivity index (χ0v) is 9.58. The van der Waals surface area contributed by atoms with Crippen molar-refractivity contribution >= 4 is 12.6 Å². The molecular formula is C9H12N2O5S. The van der Waals surface area contributed by atoms with Crippen LogP contribution in [0.2, 0.25) is 0 Å². The molecule has 0 radical (unpaired) electrons. The van der Waals surface area contributed by atoms with Gasteiger partial charge in [-0.2, -0.15) is 12.6 Å². The molecule has 0 saturated carbocycles. The Morgan fingerprint density at radius 2 is 2.24 bits per heavy atom. The molecule has 1 aliphatic heterocycles. The molecule has 0 aromatic carbocycles. The van der Waals surface area contributed by atoms with Crippen LogP contribution in [0.3, 0.4) is 0 Å². The molecule has 3 N–H and O–H groups in total. The van der Waals surface area contributed by atoms with Gasteiger partial charge in [0.15, 0.2) is 6.23 Å². The van der Waals surface area contributed by atoms with Gasteiger partial charge >= 0.3 is 5.69 Å². The van der Waals surface area contributed by atoms with Gasteiger partial charge < -0.3 is 14.9 Å². The Labute approximate surface area is 101 Å². The van der Waals surface area contributed by atoms with E-state index in [4.69, 9.17) is 9.84 Å². The predicted molar refractivity (Wildman–Crippen MR) is 61.1 cm³/mol. The van der Waals surface area contributed by atoms with Gasteiger partial charge in [0.25, 0.3) is 5.56 Å². The number of rotatable bonds is 2. The minimum Gasteiger partial charge on any atom is -0.394 e. The maximum Gasteiger partial charge on any atom is 0.330 e. The molecule has 2 heterocycles. The Bertz CT molecular complexity index is 513. The Kier molecular flexibility index (Phi) is 3.38. The molecule has 94 valence electrons. The number of aliphatic hydroxyl groups excluding tert-OH is 2. The molecule has 1 aromatic heterocycles. The van der Waals surface area contributed by atoms with Gasteiger partial charge in [0.05, 0.1) is 18.0 Å². The van der Waals surface area contributed by atoms with E-state index >= 15 is 0 Å². The lowest BCUT2D eigenvalue weighted by atomic mass is 10.2. The Hall–Kier alpha value is -1.09. The third kappa shape index (κ3) is 2.16. The van der Waals surface area contributed by atoms with Crippen LogP contribution in [0.25, 0.3) is 0 Å². The van der Waals surface area contributed by atoms with Crippen molar-refractivity contribution in [3.8, 4) is 0 Å². The molecule has 1 aromatic rings. The van der Waals surface area contributed by atoms with Gasteiger partial charge in [0, 0.05) is 12.3 Å². The first-order valence-electron chi connectivity index (χ1n) is 4.98. The molecule has 4 atom stereocenters. The second-order valence-electron chi connectivity index (χ2n) is 3.75. The first-order valence-corrected chi connectivity index (χ1v) is 5.50. The minimum absolute atomic E-state index is 0.368. The van der Waals surface area contributed by atoms with Crippen LogP contribution in [0.1, 0.15) is 6.23 Å². The van der Waals surface area contributed by atoms with Gasteiger partial charge in [-0.05, 0) is 0 Å². The van der Waals surface area contributed by atoms with Crippen molar-refractivity contribution in [2.45, 2.75) is 23.7 Å². The van der Waals surface area contributed by atoms with Crippen molar-refractivity contribution < 1.29 is 14.9 Å². The molecule has 2 unspecified atom stereocenters. The van der Waals surface area contributed by atoms with Gasteiger partial charge in [-0.25, -0.2) is 4.79 Å². The highest BCUT2D eigenvalue weighted by Crippen LogP contribution is 2.31. The molecule has 8 heteroatoms. The number of hydrogen-bond acceptors (Lipinski definition) is 6. The van der Waals surface area contributed by atoms with E-state index in [1.807, 2.05) is 0 Å². The molecule has 0 bridgehead atoms. The second kappa shape index (κ2) is 4.65. The fourth-order valence-corrected chi connectivity index (χ4v) is 2.14. The number of ether oxygens (including phenoxy) is 1. The van der Waals surface area contributed by atoms with E-state index in [0.29, 0.717) is 0 Å². The zero-order chi connectivity index (χ0) is 12.6.